The minimum absolute atomic E-state index is 0.763. The van der Waals surface area contributed by atoms with Crippen molar-refractivity contribution in [2.75, 3.05) is 0 Å². The van der Waals surface area contributed by atoms with Crippen molar-refractivity contribution in [3.05, 3.63) is 99.6 Å². The minimum Gasteiger partial charge on any atom is -0.309 e. The van der Waals surface area contributed by atoms with E-state index in [4.69, 9.17) is 11.6 Å². The molecule has 0 unspecified atom stereocenters. The number of nitrogens with zero attached hydrogens (tertiary/aromatic N) is 1. The summed E-state index contributed by atoms with van der Waals surface area (Å²) in [6, 6.07) is 32.0. The molecule has 1 nitrogen and oxygen atoms in total. The van der Waals surface area contributed by atoms with E-state index in [-0.39, 0.29) is 0 Å². The minimum atomic E-state index is 0.763. The zero-order valence-corrected chi connectivity index (χ0v) is 17.3. The molecule has 5 aromatic rings. The van der Waals surface area contributed by atoms with Crippen LogP contribution in [0.15, 0.2) is 91.0 Å². The maximum atomic E-state index is 6.29. The first-order valence-corrected chi connectivity index (χ1v) is 10.2. The number of para-hydroxylation sites is 2. The van der Waals surface area contributed by atoms with Crippen molar-refractivity contribution >= 4 is 56.0 Å². The fourth-order valence-corrected chi connectivity index (χ4v) is 4.84. The Bertz CT molecular complexity index is 1230. The van der Waals surface area contributed by atoms with Crippen LogP contribution in [0.25, 0.3) is 38.6 Å². The van der Waals surface area contributed by atoms with E-state index in [9.17, 15) is 0 Å². The summed E-state index contributed by atoms with van der Waals surface area (Å²) < 4.78 is 3.47. The summed E-state index contributed by atoms with van der Waals surface area (Å²) in [5.74, 6) is 0. The van der Waals surface area contributed by atoms with Crippen LogP contribution in [0.4, 0.5) is 0 Å². The standard InChI is InChI=1S/C24H15ClIN/c25-18-12-17(13-19(26)15-18)16-6-5-7-20(14-16)27-23-10-3-1-8-21(23)22-9-2-4-11-24(22)27/h1-15H. The zero-order valence-electron chi connectivity index (χ0n) is 14.4. The van der Waals surface area contributed by atoms with Crippen LogP contribution in [0.5, 0.6) is 0 Å². The molecule has 0 atom stereocenters. The average Bonchev–Trinajstić information content (AvgIpc) is 3.02. The van der Waals surface area contributed by atoms with E-state index in [0.717, 1.165) is 25.4 Å². The predicted molar refractivity (Wildman–Crippen MR) is 124 cm³/mol. The molecular formula is C24H15ClIN. The van der Waals surface area contributed by atoms with Crippen LogP contribution >= 0.6 is 34.2 Å². The number of aromatic nitrogens is 1. The van der Waals surface area contributed by atoms with Crippen LogP contribution < -0.4 is 0 Å². The van der Waals surface area contributed by atoms with Crippen molar-refractivity contribution < 1.29 is 0 Å². The van der Waals surface area contributed by atoms with Gasteiger partial charge in [0.15, 0.2) is 0 Å². The lowest BCUT2D eigenvalue weighted by molar-refractivity contribution is 1.18. The van der Waals surface area contributed by atoms with Crippen LogP contribution in [0, 0.1) is 3.57 Å². The molecular weight excluding hydrogens is 465 g/mol. The Morgan fingerprint density at radius 2 is 1.30 bits per heavy atom. The molecule has 0 saturated carbocycles. The Balaban J connectivity index is 1.78. The van der Waals surface area contributed by atoms with Crippen LogP contribution in [-0.4, -0.2) is 4.57 Å². The van der Waals surface area contributed by atoms with Gasteiger partial charge in [0.05, 0.1) is 11.0 Å². The molecule has 5 rings (SSSR count). The Hall–Kier alpha value is -2.30. The molecule has 0 aliphatic carbocycles. The summed E-state index contributed by atoms with van der Waals surface area (Å²) in [4.78, 5) is 0. The number of halogens is 2. The lowest BCUT2D eigenvalue weighted by atomic mass is 10.1. The van der Waals surface area contributed by atoms with E-state index in [1.165, 1.54) is 21.8 Å². The molecule has 3 heteroatoms. The fourth-order valence-electron chi connectivity index (χ4n) is 3.75. The highest BCUT2D eigenvalue weighted by atomic mass is 127. The Kier molecular flexibility index (Phi) is 4.18. The smallest absolute Gasteiger partial charge is 0.0541 e. The molecule has 0 saturated heterocycles. The first kappa shape index (κ1) is 16.8. The molecule has 0 N–H and O–H groups in total. The van der Waals surface area contributed by atoms with E-state index in [1.807, 2.05) is 12.1 Å². The third-order valence-corrected chi connectivity index (χ3v) is 5.72. The van der Waals surface area contributed by atoms with Gasteiger partial charge in [0.2, 0.25) is 0 Å². The van der Waals surface area contributed by atoms with Gasteiger partial charge >= 0.3 is 0 Å². The van der Waals surface area contributed by atoms with Gasteiger partial charge in [-0.3, -0.25) is 0 Å². The van der Waals surface area contributed by atoms with Gasteiger partial charge in [-0.25, -0.2) is 0 Å². The monoisotopic (exact) mass is 479 g/mol. The molecule has 4 aromatic carbocycles. The van der Waals surface area contributed by atoms with Crippen molar-refractivity contribution in [2.45, 2.75) is 0 Å². The highest BCUT2D eigenvalue weighted by molar-refractivity contribution is 14.1. The van der Waals surface area contributed by atoms with Gasteiger partial charge in [-0.1, -0.05) is 60.1 Å². The van der Waals surface area contributed by atoms with Crippen molar-refractivity contribution in [2.24, 2.45) is 0 Å². The van der Waals surface area contributed by atoms with Gasteiger partial charge in [-0.05, 0) is 76.2 Å². The molecule has 0 radical (unpaired) electrons. The van der Waals surface area contributed by atoms with E-state index >= 15 is 0 Å². The van der Waals surface area contributed by atoms with Crippen molar-refractivity contribution in [1.82, 2.24) is 4.57 Å². The number of hydrogen-bond donors (Lipinski definition) is 0. The van der Waals surface area contributed by atoms with Gasteiger partial charge in [-0.2, -0.15) is 0 Å². The fraction of sp³-hybridized carbons (Fsp3) is 0. The molecule has 0 amide bonds. The predicted octanol–water partition coefficient (Wildman–Crippen LogP) is 7.71. The van der Waals surface area contributed by atoms with Crippen molar-refractivity contribution in [3.63, 3.8) is 0 Å². The maximum Gasteiger partial charge on any atom is 0.0541 e. The van der Waals surface area contributed by atoms with E-state index < -0.39 is 0 Å². The lowest BCUT2D eigenvalue weighted by Crippen LogP contribution is -1.94. The van der Waals surface area contributed by atoms with Gasteiger partial charge < -0.3 is 4.57 Å². The molecule has 27 heavy (non-hydrogen) atoms. The molecule has 0 fully saturated rings. The third-order valence-electron chi connectivity index (χ3n) is 4.88. The summed E-state index contributed by atoms with van der Waals surface area (Å²) in [5, 5.41) is 3.31. The summed E-state index contributed by atoms with van der Waals surface area (Å²) >= 11 is 8.60. The second kappa shape index (κ2) is 6.70. The Labute approximate surface area is 176 Å². The molecule has 0 bridgehead atoms. The van der Waals surface area contributed by atoms with Crippen LogP contribution in [0.2, 0.25) is 5.02 Å². The number of hydrogen-bond acceptors (Lipinski definition) is 0. The van der Waals surface area contributed by atoms with Gasteiger partial charge in [0.25, 0.3) is 0 Å². The quantitative estimate of drug-likeness (QED) is 0.229. The van der Waals surface area contributed by atoms with Crippen LogP contribution in [0.3, 0.4) is 0 Å². The van der Waals surface area contributed by atoms with E-state index in [2.05, 4.69) is 106 Å². The van der Waals surface area contributed by atoms with Gasteiger partial charge in [0, 0.05) is 25.1 Å². The topological polar surface area (TPSA) is 4.93 Å². The van der Waals surface area contributed by atoms with Gasteiger partial charge in [0.1, 0.15) is 0 Å². The third kappa shape index (κ3) is 2.93. The second-order valence-corrected chi connectivity index (χ2v) is 8.26. The molecule has 1 aromatic heterocycles. The maximum absolute atomic E-state index is 6.29. The SMILES string of the molecule is Clc1cc(I)cc(-c2cccc(-n3c4ccccc4c4ccccc43)c2)c1. The second-order valence-electron chi connectivity index (χ2n) is 6.58. The number of fused-ring (bicyclic) bond motifs is 3. The van der Waals surface area contributed by atoms with E-state index in [1.54, 1.807) is 0 Å². The van der Waals surface area contributed by atoms with Crippen molar-refractivity contribution in [1.29, 1.82) is 0 Å². The van der Waals surface area contributed by atoms with Crippen molar-refractivity contribution in [3.8, 4) is 16.8 Å². The largest absolute Gasteiger partial charge is 0.309 e. The normalized spacial score (nSPS) is 11.3. The molecule has 0 spiro atoms. The zero-order chi connectivity index (χ0) is 18.4. The summed E-state index contributed by atoms with van der Waals surface area (Å²) in [5.41, 5.74) is 5.89. The average molecular weight is 480 g/mol. The lowest BCUT2D eigenvalue weighted by Gasteiger charge is -2.11. The number of benzene rings is 4. The molecule has 130 valence electrons. The Morgan fingerprint density at radius 3 is 1.96 bits per heavy atom. The number of rotatable bonds is 2. The van der Waals surface area contributed by atoms with Crippen LogP contribution in [0.1, 0.15) is 0 Å². The Morgan fingerprint density at radius 1 is 0.630 bits per heavy atom. The summed E-state index contributed by atoms with van der Waals surface area (Å²) in [6.07, 6.45) is 0. The first-order valence-electron chi connectivity index (χ1n) is 8.76. The van der Waals surface area contributed by atoms with Gasteiger partial charge in [-0.15, -0.1) is 0 Å². The summed E-state index contributed by atoms with van der Waals surface area (Å²) in [7, 11) is 0. The molecule has 0 aliphatic heterocycles. The highest BCUT2D eigenvalue weighted by Crippen LogP contribution is 2.33. The van der Waals surface area contributed by atoms with Crippen LogP contribution in [-0.2, 0) is 0 Å². The summed E-state index contributed by atoms with van der Waals surface area (Å²) in [6.45, 7) is 0. The highest BCUT2D eigenvalue weighted by Gasteiger charge is 2.12. The molecule has 1 heterocycles. The first-order chi connectivity index (χ1) is 13.2. The van der Waals surface area contributed by atoms with E-state index in [0.29, 0.717) is 0 Å². The molecule has 0 aliphatic rings.